The van der Waals surface area contributed by atoms with Crippen LogP contribution in [0.25, 0.3) is 0 Å². The number of hydrogen-bond acceptors (Lipinski definition) is 2. The SMILES string of the molecule is CON(C)C(C)(C)C(C)(C)C.II. The van der Waals surface area contributed by atoms with Gasteiger partial charge in [-0.1, -0.05) is 20.8 Å². The Morgan fingerprint density at radius 2 is 1.31 bits per heavy atom. The fourth-order valence-electron chi connectivity index (χ4n) is 0.701. The Balaban J connectivity index is 0. The van der Waals surface area contributed by atoms with Crippen molar-refractivity contribution in [1.82, 2.24) is 5.06 Å². The topological polar surface area (TPSA) is 12.5 Å². The fourth-order valence-corrected chi connectivity index (χ4v) is 0.701. The molecule has 0 aliphatic rings. The van der Waals surface area contributed by atoms with E-state index >= 15 is 0 Å². The maximum atomic E-state index is 5.17. The molecule has 0 amide bonds. The van der Waals surface area contributed by atoms with E-state index in [2.05, 4.69) is 71.9 Å². The largest absolute Gasteiger partial charge is 0.302 e. The second-order valence-corrected chi connectivity index (χ2v) is 4.49. The third-order valence-corrected chi connectivity index (χ3v) is 2.90. The highest BCUT2D eigenvalue weighted by molar-refractivity contribution is 15.0. The highest BCUT2D eigenvalue weighted by atomic mass is 128. The Kier molecular flexibility index (Phi) is 8.77. The lowest BCUT2D eigenvalue weighted by Crippen LogP contribution is -2.50. The van der Waals surface area contributed by atoms with Gasteiger partial charge in [-0.25, -0.2) is 0 Å². The molecule has 2 nitrogen and oxygen atoms in total. The highest BCUT2D eigenvalue weighted by Gasteiger charge is 2.36. The Bertz CT molecular complexity index is 132. The molecule has 13 heavy (non-hydrogen) atoms. The molecular formula is C9H21I2NO. The number of hydroxylamine groups is 2. The van der Waals surface area contributed by atoms with Crippen molar-refractivity contribution >= 4 is 37.2 Å². The van der Waals surface area contributed by atoms with Gasteiger partial charge in [0.15, 0.2) is 0 Å². The lowest BCUT2D eigenvalue weighted by molar-refractivity contribution is -0.201. The van der Waals surface area contributed by atoms with E-state index in [-0.39, 0.29) is 11.0 Å². The quantitative estimate of drug-likeness (QED) is 0.500. The van der Waals surface area contributed by atoms with Gasteiger partial charge in [-0.15, -0.1) is 0 Å². The molecule has 0 heterocycles. The molecule has 0 saturated heterocycles. The lowest BCUT2D eigenvalue weighted by Gasteiger charge is -2.44. The summed E-state index contributed by atoms with van der Waals surface area (Å²) >= 11 is 4.24. The van der Waals surface area contributed by atoms with Gasteiger partial charge in [0.05, 0.1) is 7.11 Å². The summed E-state index contributed by atoms with van der Waals surface area (Å²) in [6, 6.07) is 0. The first-order valence-electron chi connectivity index (χ1n) is 4.15. The molecule has 82 valence electrons. The fraction of sp³-hybridized carbons (Fsp3) is 1.00. The van der Waals surface area contributed by atoms with Crippen LogP contribution in [0.15, 0.2) is 0 Å². The van der Waals surface area contributed by atoms with E-state index in [1.54, 1.807) is 7.11 Å². The number of nitrogens with zero attached hydrogens (tertiary/aromatic N) is 1. The van der Waals surface area contributed by atoms with E-state index in [0.29, 0.717) is 0 Å². The maximum absolute atomic E-state index is 5.17. The molecule has 0 unspecified atom stereocenters. The van der Waals surface area contributed by atoms with Crippen molar-refractivity contribution in [2.24, 2.45) is 5.41 Å². The molecule has 0 atom stereocenters. The van der Waals surface area contributed by atoms with Crippen molar-refractivity contribution in [3.05, 3.63) is 0 Å². The first-order valence-corrected chi connectivity index (χ1v) is 10.4. The van der Waals surface area contributed by atoms with Crippen LogP contribution in [0, 0.1) is 5.41 Å². The summed E-state index contributed by atoms with van der Waals surface area (Å²) < 4.78 is 0. The number of hydrogen-bond donors (Lipinski definition) is 0. The Morgan fingerprint density at radius 1 is 1.00 bits per heavy atom. The molecule has 0 aromatic heterocycles. The van der Waals surface area contributed by atoms with Gasteiger partial charge in [-0.2, -0.15) is 5.06 Å². The van der Waals surface area contributed by atoms with Crippen LogP contribution in [0.3, 0.4) is 0 Å². The Morgan fingerprint density at radius 3 is 1.38 bits per heavy atom. The lowest BCUT2D eigenvalue weighted by atomic mass is 9.76. The van der Waals surface area contributed by atoms with Crippen LogP contribution in [-0.4, -0.2) is 24.8 Å². The van der Waals surface area contributed by atoms with Gasteiger partial charge >= 0.3 is 0 Å². The summed E-state index contributed by atoms with van der Waals surface area (Å²) in [5.41, 5.74) is 0.277. The molecule has 0 aliphatic heterocycles. The van der Waals surface area contributed by atoms with Crippen LogP contribution in [-0.2, 0) is 4.84 Å². The predicted molar refractivity (Wildman–Crippen MR) is 76.3 cm³/mol. The molecule has 0 rings (SSSR count). The molecule has 0 aliphatic carbocycles. The molecule has 4 heteroatoms. The van der Waals surface area contributed by atoms with Crippen LogP contribution in [0.1, 0.15) is 34.6 Å². The van der Waals surface area contributed by atoms with E-state index in [4.69, 9.17) is 4.84 Å². The van der Waals surface area contributed by atoms with Crippen molar-refractivity contribution in [2.75, 3.05) is 14.2 Å². The third-order valence-electron chi connectivity index (χ3n) is 2.90. The van der Waals surface area contributed by atoms with E-state index in [9.17, 15) is 0 Å². The van der Waals surface area contributed by atoms with Crippen molar-refractivity contribution in [3.63, 3.8) is 0 Å². The first-order chi connectivity index (χ1) is 5.73. The number of rotatable bonds is 2. The molecule has 0 radical (unpaired) electrons. The van der Waals surface area contributed by atoms with Crippen molar-refractivity contribution < 1.29 is 4.84 Å². The normalized spacial score (nSPS) is 12.5. The molecule has 0 N–H and O–H groups in total. The minimum absolute atomic E-state index is 0.0573. The van der Waals surface area contributed by atoms with E-state index in [1.807, 2.05) is 12.1 Å². The van der Waals surface area contributed by atoms with Gasteiger partial charge in [0, 0.05) is 49.8 Å². The summed E-state index contributed by atoms with van der Waals surface area (Å²) in [4.78, 5) is 5.17. The van der Waals surface area contributed by atoms with Crippen LogP contribution < -0.4 is 0 Å². The third kappa shape index (κ3) is 5.13. The van der Waals surface area contributed by atoms with Crippen LogP contribution in [0.4, 0.5) is 0 Å². The summed E-state index contributed by atoms with van der Waals surface area (Å²) in [5.74, 6) is 0. The average molecular weight is 413 g/mol. The second kappa shape index (κ2) is 6.79. The molecular weight excluding hydrogens is 392 g/mol. The second-order valence-electron chi connectivity index (χ2n) is 4.49. The molecule has 0 aromatic rings. The molecule has 0 bridgehead atoms. The van der Waals surface area contributed by atoms with Gasteiger partial charge < -0.3 is 4.84 Å². The zero-order valence-corrected chi connectivity index (χ0v) is 13.9. The van der Waals surface area contributed by atoms with Gasteiger partial charge in [-0.05, 0) is 19.3 Å². The summed E-state index contributed by atoms with van der Waals surface area (Å²) in [6.45, 7) is 11.0. The van der Waals surface area contributed by atoms with Crippen LogP contribution in [0.2, 0.25) is 0 Å². The van der Waals surface area contributed by atoms with Crippen LogP contribution >= 0.6 is 37.2 Å². The molecule has 0 saturated carbocycles. The predicted octanol–water partition coefficient (Wildman–Crippen LogP) is 4.08. The Labute approximate surface area is 106 Å². The van der Waals surface area contributed by atoms with Crippen LogP contribution in [0.5, 0.6) is 0 Å². The first kappa shape index (κ1) is 16.8. The van der Waals surface area contributed by atoms with E-state index in [1.165, 1.54) is 0 Å². The smallest absolute Gasteiger partial charge is 0.0575 e. The monoisotopic (exact) mass is 413 g/mol. The summed E-state index contributed by atoms with van der Waals surface area (Å²) in [7, 11) is 3.67. The van der Waals surface area contributed by atoms with Gasteiger partial charge in [0.25, 0.3) is 0 Å². The minimum atomic E-state index is 0.0573. The van der Waals surface area contributed by atoms with Crippen molar-refractivity contribution in [3.8, 4) is 0 Å². The highest BCUT2D eigenvalue weighted by Crippen LogP contribution is 2.33. The standard InChI is InChI=1S/C9H21NO.I2/c1-8(2,3)9(4,5)10(6)11-7;1-2/h1-7H3;. The van der Waals surface area contributed by atoms with Gasteiger partial charge in [0.1, 0.15) is 0 Å². The number of halogens is 2. The molecule has 0 aromatic carbocycles. The van der Waals surface area contributed by atoms with Crippen molar-refractivity contribution in [2.45, 2.75) is 40.2 Å². The minimum Gasteiger partial charge on any atom is -0.302 e. The Hall–Kier alpha value is 1.38. The molecule has 0 fully saturated rings. The summed E-state index contributed by atoms with van der Waals surface area (Å²) in [5, 5.41) is 1.90. The van der Waals surface area contributed by atoms with Gasteiger partial charge in [0.2, 0.25) is 0 Å². The zero-order valence-electron chi connectivity index (χ0n) is 9.61. The average Bonchev–Trinajstić information content (AvgIpc) is 2.04. The zero-order chi connectivity index (χ0) is 11.3. The molecule has 0 spiro atoms. The van der Waals surface area contributed by atoms with E-state index < -0.39 is 0 Å². The summed E-state index contributed by atoms with van der Waals surface area (Å²) in [6.07, 6.45) is 0. The van der Waals surface area contributed by atoms with Gasteiger partial charge in [-0.3, -0.25) is 0 Å². The maximum Gasteiger partial charge on any atom is 0.0575 e. The van der Waals surface area contributed by atoms with E-state index in [0.717, 1.165) is 0 Å². The van der Waals surface area contributed by atoms with Crippen molar-refractivity contribution in [1.29, 1.82) is 0 Å².